The van der Waals surface area contributed by atoms with Crippen LogP contribution in [0.15, 0.2) is 18.2 Å². The first kappa shape index (κ1) is 17.8. The van der Waals surface area contributed by atoms with Gasteiger partial charge in [-0.2, -0.15) is 0 Å². The Bertz CT molecular complexity index is 621. The topological polar surface area (TPSA) is 37.3 Å². The third-order valence-corrected chi connectivity index (χ3v) is 5.28. The van der Waals surface area contributed by atoms with Gasteiger partial charge in [-0.1, -0.05) is 65.7 Å². The summed E-state index contributed by atoms with van der Waals surface area (Å²) in [5.41, 5.74) is 3.94. The van der Waals surface area contributed by atoms with Gasteiger partial charge < -0.3 is 5.11 Å². The van der Waals surface area contributed by atoms with E-state index in [1.54, 1.807) is 0 Å². The molecule has 0 bridgehead atoms. The smallest absolute Gasteiger partial charge is 0.336 e. The summed E-state index contributed by atoms with van der Waals surface area (Å²) in [6.45, 7) is 11.2. The van der Waals surface area contributed by atoms with E-state index in [4.69, 9.17) is 0 Å². The van der Waals surface area contributed by atoms with Crippen molar-refractivity contribution in [2.45, 2.75) is 77.6 Å². The van der Waals surface area contributed by atoms with E-state index in [1.807, 2.05) is 12.1 Å². The Hall–Kier alpha value is -1.57. The third-order valence-electron chi connectivity index (χ3n) is 5.28. The number of hydrogen-bond acceptors (Lipinski definition) is 1. The zero-order valence-electron chi connectivity index (χ0n) is 15.2. The minimum absolute atomic E-state index is 0.0412. The molecule has 0 fully saturated rings. The Labute approximate surface area is 140 Å². The molecule has 2 rings (SSSR count). The van der Waals surface area contributed by atoms with Crippen molar-refractivity contribution < 1.29 is 9.90 Å². The maximum absolute atomic E-state index is 11.7. The summed E-state index contributed by atoms with van der Waals surface area (Å²) >= 11 is 0. The highest BCUT2D eigenvalue weighted by molar-refractivity contribution is 5.93. The number of aromatic carboxylic acids is 1. The number of carboxylic acids is 1. The highest BCUT2D eigenvalue weighted by Crippen LogP contribution is 2.46. The molecule has 0 amide bonds. The fraction of sp³-hybridized carbons (Fsp3) is 0.571. The lowest BCUT2D eigenvalue weighted by molar-refractivity contribution is 0.0696. The van der Waals surface area contributed by atoms with E-state index in [0.717, 1.165) is 37.7 Å². The number of fused-ring (bicyclic) bond motifs is 1. The lowest BCUT2D eigenvalue weighted by Crippen LogP contribution is -2.34. The maximum Gasteiger partial charge on any atom is 0.336 e. The standard InChI is InChI=1S/C21H30O2/c1-6-7-8-9-10-15-13-17-18(14-16(15)19(22)23)21(4,5)12-11-20(17,2)3/h9-10,13-14H,6-8,11-12H2,1-5H3,(H,22,23)/b10-9-. The van der Waals surface area contributed by atoms with Gasteiger partial charge in [0.05, 0.1) is 5.56 Å². The lowest BCUT2D eigenvalue weighted by Gasteiger charge is -2.42. The van der Waals surface area contributed by atoms with Crippen molar-refractivity contribution in [3.05, 3.63) is 40.5 Å². The minimum Gasteiger partial charge on any atom is -0.478 e. The summed E-state index contributed by atoms with van der Waals surface area (Å²) in [4.78, 5) is 11.7. The van der Waals surface area contributed by atoms with Crippen molar-refractivity contribution in [1.82, 2.24) is 0 Å². The molecule has 0 unspecified atom stereocenters. The molecule has 0 aromatic heterocycles. The molecule has 2 nitrogen and oxygen atoms in total. The number of rotatable bonds is 5. The second-order valence-electron chi connectivity index (χ2n) is 8.10. The first-order chi connectivity index (χ1) is 10.7. The average molecular weight is 314 g/mol. The molecule has 0 saturated carbocycles. The number of unbranched alkanes of at least 4 members (excludes halogenated alkanes) is 2. The first-order valence-corrected chi connectivity index (χ1v) is 8.78. The maximum atomic E-state index is 11.7. The molecule has 0 saturated heterocycles. The summed E-state index contributed by atoms with van der Waals surface area (Å²) in [6, 6.07) is 4.06. The van der Waals surface area contributed by atoms with Gasteiger partial charge in [-0.25, -0.2) is 4.79 Å². The van der Waals surface area contributed by atoms with Gasteiger partial charge in [-0.3, -0.25) is 0 Å². The number of hydrogen-bond donors (Lipinski definition) is 1. The van der Waals surface area contributed by atoms with Gasteiger partial charge in [0, 0.05) is 0 Å². The van der Waals surface area contributed by atoms with Crippen LogP contribution in [-0.4, -0.2) is 11.1 Å². The molecule has 0 radical (unpaired) electrons. The molecular formula is C21H30O2. The molecule has 0 spiro atoms. The summed E-state index contributed by atoms with van der Waals surface area (Å²) < 4.78 is 0. The van der Waals surface area contributed by atoms with Crippen LogP contribution in [0.3, 0.4) is 0 Å². The van der Waals surface area contributed by atoms with Crippen molar-refractivity contribution >= 4 is 12.0 Å². The summed E-state index contributed by atoms with van der Waals surface area (Å²) in [5, 5.41) is 9.64. The summed E-state index contributed by atoms with van der Waals surface area (Å²) in [6.07, 6.45) is 9.64. The van der Waals surface area contributed by atoms with Crippen LogP contribution in [0.1, 0.15) is 93.8 Å². The molecule has 0 aliphatic heterocycles. The third kappa shape index (κ3) is 3.68. The lowest BCUT2D eigenvalue weighted by atomic mass is 9.62. The van der Waals surface area contributed by atoms with Crippen molar-refractivity contribution in [2.75, 3.05) is 0 Å². The fourth-order valence-electron chi connectivity index (χ4n) is 3.49. The zero-order valence-corrected chi connectivity index (χ0v) is 15.2. The van der Waals surface area contributed by atoms with E-state index in [2.05, 4.69) is 46.8 Å². The van der Waals surface area contributed by atoms with Gasteiger partial charge >= 0.3 is 5.97 Å². The zero-order chi connectivity index (χ0) is 17.3. The normalized spacial score (nSPS) is 18.8. The van der Waals surface area contributed by atoms with Crippen LogP contribution in [0.5, 0.6) is 0 Å². The quantitative estimate of drug-likeness (QED) is 0.683. The molecule has 23 heavy (non-hydrogen) atoms. The van der Waals surface area contributed by atoms with E-state index in [9.17, 15) is 9.90 Å². The molecule has 2 heteroatoms. The van der Waals surface area contributed by atoms with Gasteiger partial charge in [-0.15, -0.1) is 0 Å². The number of carbonyl (C=O) groups is 1. The second-order valence-corrected chi connectivity index (χ2v) is 8.10. The monoisotopic (exact) mass is 314 g/mol. The van der Waals surface area contributed by atoms with Gasteiger partial charge in [0.2, 0.25) is 0 Å². The van der Waals surface area contributed by atoms with E-state index >= 15 is 0 Å². The first-order valence-electron chi connectivity index (χ1n) is 8.78. The van der Waals surface area contributed by atoms with E-state index in [0.29, 0.717) is 5.56 Å². The molecule has 1 aromatic rings. The van der Waals surface area contributed by atoms with Gasteiger partial charge in [0.25, 0.3) is 0 Å². The Morgan fingerprint density at radius 1 is 1.13 bits per heavy atom. The molecule has 0 heterocycles. The summed E-state index contributed by atoms with van der Waals surface area (Å²) in [7, 11) is 0. The number of allylic oxidation sites excluding steroid dienone is 1. The Kier molecular flexibility index (Phi) is 5.03. The van der Waals surface area contributed by atoms with E-state index in [-0.39, 0.29) is 10.8 Å². The van der Waals surface area contributed by atoms with Gasteiger partial charge in [0.1, 0.15) is 0 Å². The predicted molar refractivity (Wildman–Crippen MR) is 97.2 cm³/mol. The van der Waals surface area contributed by atoms with Gasteiger partial charge in [-0.05, 0) is 52.8 Å². The van der Waals surface area contributed by atoms with Crippen LogP contribution in [0, 0.1) is 0 Å². The number of carboxylic acid groups (broad SMARTS) is 1. The second kappa shape index (κ2) is 6.51. The summed E-state index contributed by atoms with van der Waals surface area (Å²) in [5.74, 6) is -0.831. The van der Waals surface area contributed by atoms with Crippen LogP contribution < -0.4 is 0 Å². The van der Waals surface area contributed by atoms with Gasteiger partial charge in [0.15, 0.2) is 0 Å². The predicted octanol–water partition coefficient (Wildman–Crippen LogP) is 5.94. The van der Waals surface area contributed by atoms with E-state index in [1.165, 1.54) is 11.1 Å². The van der Waals surface area contributed by atoms with Crippen LogP contribution >= 0.6 is 0 Å². The molecule has 1 aliphatic rings. The molecule has 1 N–H and O–H groups in total. The van der Waals surface area contributed by atoms with Crippen LogP contribution in [0.25, 0.3) is 6.08 Å². The van der Waals surface area contributed by atoms with Crippen molar-refractivity contribution in [2.24, 2.45) is 0 Å². The van der Waals surface area contributed by atoms with Crippen LogP contribution in [-0.2, 0) is 10.8 Å². The SMILES string of the molecule is CCCC/C=C\c1cc2c(cc1C(=O)O)C(C)(C)CCC2(C)C. The van der Waals surface area contributed by atoms with E-state index < -0.39 is 5.97 Å². The number of benzene rings is 1. The Balaban J connectivity index is 2.56. The van der Waals surface area contributed by atoms with Crippen LogP contribution in [0.4, 0.5) is 0 Å². The molecule has 0 atom stereocenters. The van der Waals surface area contributed by atoms with Crippen LogP contribution in [0.2, 0.25) is 0 Å². The molecule has 1 aromatic carbocycles. The highest BCUT2D eigenvalue weighted by Gasteiger charge is 2.37. The van der Waals surface area contributed by atoms with Crippen molar-refractivity contribution in [3.8, 4) is 0 Å². The molecule has 126 valence electrons. The Morgan fingerprint density at radius 2 is 1.70 bits per heavy atom. The Morgan fingerprint density at radius 3 is 2.22 bits per heavy atom. The minimum atomic E-state index is -0.831. The fourth-order valence-corrected chi connectivity index (χ4v) is 3.49. The average Bonchev–Trinajstić information content (AvgIpc) is 2.48. The highest BCUT2D eigenvalue weighted by atomic mass is 16.4. The van der Waals surface area contributed by atoms with Crippen molar-refractivity contribution in [3.63, 3.8) is 0 Å². The molecule has 1 aliphatic carbocycles. The molecular weight excluding hydrogens is 284 g/mol. The van der Waals surface area contributed by atoms with Crippen molar-refractivity contribution in [1.29, 1.82) is 0 Å². The largest absolute Gasteiger partial charge is 0.478 e.